The van der Waals surface area contributed by atoms with E-state index in [0.717, 1.165) is 29.8 Å². The summed E-state index contributed by atoms with van der Waals surface area (Å²) in [5, 5.41) is 2.86. The zero-order chi connectivity index (χ0) is 18.8. The second kappa shape index (κ2) is 7.48. The third kappa shape index (κ3) is 3.85. The van der Waals surface area contributed by atoms with Gasteiger partial charge in [0.1, 0.15) is 11.6 Å². The quantitative estimate of drug-likeness (QED) is 0.751. The largest absolute Gasteiger partial charge is 0.331 e. The van der Waals surface area contributed by atoms with Crippen LogP contribution < -0.4 is 5.32 Å². The van der Waals surface area contributed by atoms with Gasteiger partial charge in [-0.1, -0.05) is 0 Å². The fourth-order valence-corrected chi connectivity index (χ4v) is 3.62. The lowest BCUT2D eigenvalue weighted by atomic mass is 10.2. The lowest BCUT2D eigenvalue weighted by molar-refractivity contribution is 0.102. The smallest absolute Gasteiger partial charge is 0.255 e. The highest BCUT2D eigenvalue weighted by atomic mass is 19.1. The Morgan fingerprint density at radius 3 is 2.63 bits per heavy atom. The lowest BCUT2D eigenvalue weighted by Gasteiger charge is -2.13. The van der Waals surface area contributed by atoms with Crippen molar-refractivity contribution in [2.75, 3.05) is 25.0 Å². The highest BCUT2D eigenvalue weighted by Crippen LogP contribution is 2.21. The Bertz CT molecular complexity index is 958. The van der Waals surface area contributed by atoms with Crippen molar-refractivity contribution >= 4 is 22.6 Å². The second-order valence-corrected chi connectivity index (χ2v) is 7.05. The lowest BCUT2D eigenvalue weighted by Crippen LogP contribution is -2.22. The zero-order valence-corrected chi connectivity index (χ0v) is 15.4. The van der Waals surface area contributed by atoms with Crippen LogP contribution in [0.15, 0.2) is 42.5 Å². The van der Waals surface area contributed by atoms with Gasteiger partial charge >= 0.3 is 0 Å². The number of halogens is 1. The zero-order valence-electron chi connectivity index (χ0n) is 15.4. The Labute approximate surface area is 157 Å². The van der Waals surface area contributed by atoms with E-state index in [4.69, 9.17) is 4.98 Å². The number of likely N-dealkylation sites (tertiary alicyclic amines) is 1. The monoisotopic (exact) mass is 366 g/mol. The first-order valence-corrected chi connectivity index (χ1v) is 9.35. The fourth-order valence-electron chi connectivity index (χ4n) is 3.62. The summed E-state index contributed by atoms with van der Waals surface area (Å²) >= 11 is 0. The van der Waals surface area contributed by atoms with Gasteiger partial charge in [-0.15, -0.1) is 0 Å². The summed E-state index contributed by atoms with van der Waals surface area (Å²) in [6.45, 7) is 3.40. The summed E-state index contributed by atoms with van der Waals surface area (Å²) in [6, 6.07) is 11.2. The Morgan fingerprint density at radius 1 is 1.15 bits per heavy atom. The van der Waals surface area contributed by atoms with E-state index in [9.17, 15) is 9.18 Å². The molecule has 2 heterocycles. The van der Waals surface area contributed by atoms with Crippen LogP contribution in [0.3, 0.4) is 0 Å². The van der Waals surface area contributed by atoms with Crippen molar-refractivity contribution in [2.45, 2.75) is 19.3 Å². The number of nitrogens with zero attached hydrogens (tertiary/aromatic N) is 3. The Balaban J connectivity index is 1.49. The maximum absolute atomic E-state index is 13.0. The molecule has 4 rings (SSSR count). The van der Waals surface area contributed by atoms with E-state index in [1.54, 1.807) is 0 Å². The van der Waals surface area contributed by atoms with Gasteiger partial charge in [-0.3, -0.25) is 4.79 Å². The summed E-state index contributed by atoms with van der Waals surface area (Å²) in [5.41, 5.74) is 3.02. The molecule has 6 heteroatoms. The number of carbonyl (C=O) groups is 1. The molecule has 1 aromatic heterocycles. The molecule has 0 atom stereocenters. The maximum Gasteiger partial charge on any atom is 0.255 e. The number of hydrogen-bond acceptors (Lipinski definition) is 3. The molecule has 1 N–H and O–H groups in total. The third-order valence-corrected chi connectivity index (χ3v) is 5.19. The standard InChI is InChI=1S/C21H23FN4O/c1-25-19-9-8-17(23-21(27)15-4-6-16(22)7-5-15)14-18(19)24-20(25)10-13-26-11-2-3-12-26/h4-9,14H,2-3,10-13H2,1H3,(H,23,27). The fraction of sp³-hybridized carbons (Fsp3) is 0.333. The number of anilines is 1. The number of hydrogen-bond donors (Lipinski definition) is 1. The van der Waals surface area contributed by atoms with Crippen LogP contribution in [0, 0.1) is 5.82 Å². The van der Waals surface area contributed by atoms with Crippen LogP contribution in [0.5, 0.6) is 0 Å². The predicted octanol–water partition coefficient (Wildman–Crippen LogP) is 3.60. The topological polar surface area (TPSA) is 50.2 Å². The van der Waals surface area contributed by atoms with Crippen LogP contribution >= 0.6 is 0 Å². The van der Waals surface area contributed by atoms with E-state index in [1.807, 2.05) is 25.2 Å². The molecule has 0 unspecified atom stereocenters. The minimum absolute atomic E-state index is 0.264. The van der Waals surface area contributed by atoms with Gasteiger partial charge in [-0.2, -0.15) is 0 Å². The number of nitrogens with one attached hydrogen (secondary N) is 1. The van der Waals surface area contributed by atoms with Gasteiger partial charge in [0.05, 0.1) is 11.0 Å². The van der Waals surface area contributed by atoms with E-state index in [2.05, 4.69) is 14.8 Å². The van der Waals surface area contributed by atoms with E-state index < -0.39 is 0 Å². The SMILES string of the molecule is Cn1c(CCN2CCCC2)nc2cc(NC(=O)c3ccc(F)cc3)ccc21. The molecule has 27 heavy (non-hydrogen) atoms. The molecule has 3 aromatic rings. The molecule has 1 saturated heterocycles. The summed E-state index contributed by atoms with van der Waals surface area (Å²) in [6.07, 6.45) is 3.50. The molecule has 1 amide bonds. The van der Waals surface area contributed by atoms with Gasteiger partial charge in [0, 0.05) is 31.3 Å². The summed E-state index contributed by atoms with van der Waals surface area (Å²) in [7, 11) is 2.03. The van der Waals surface area contributed by atoms with Gasteiger partial charge in [0.2, 0.25) is 0 Å². The minimum Gasteiger partial charge on any atom is -0.331 e. The first kappa shape index (κ1) is 17.7. The molecule has 140 valence electrons. The molecule has 0 aliphatic carbocycles. The van der Waals surface area contributed by atoms with Crippen LogP contribution in [0.4, 0.5) is 10.1 Å². The van der Waals surface area contributed by atoms with Gasteiger partial charge in [-0.05, 0) is 68.4 Å². The molecule has 1 fully saturated rings. The first-order chi connectivity index (χ1) is 13.1. The highest BCUT2D eigenvalue weighted by Gasteiger charge is 2.14. The molecule has 5 nitrogen and oxygen atoms in total. The molecule has 0 bridgehead atoms. The van der Waals surface area contributed by atoms with Crippen LogP contribution in [0.25, 0.3) is 11.0 Å². The van der Waals surface area contributed by atoms with Crippen LogP contribution in [0.2, 0.25) is 0 Å². The second-order valence-electron chi connectivity index (χ2n) is 7.05. The van der Waals surface area contributed by atoms with E-state index in [0.29, 0.717) is 11.3 Å². The molecular formula is C21H23FN4O. The maximum atomic E-state index is 13.0. The molecule has 1 aliphatic heterocycles. The van der Waals surface area contributed by atoms with Crippen LogP contribution in [-0.2, 0) is 13.5 Å². The molecule has 0 radical (unpaired) electrons. The number of rotatable bonds is 5. The molecular weight excluding hydrogens is 343 g/mol. The van der Waals surface area contributed by atoms with Crippen molar-refractivity contribution in [2.24, 2.45) is 7.05 Å². The Kier molecular flexibility index (Phi) is 4.90. The number of amides is 1. The molecule has 0 saturated carbocycles. The summed E-state index contributed by atoms with van der Waals surface area (Å²) < 4.78 is 15.1. The Hall–Kier alpha value is -2.73. The van der Waals surface area contributed by atoms with Crippen molar-refractivity contribution in [3.63, 3.8) is 0 Å². The summed E-state index contributed by atoms with van der Waals surface area (Å²) in [4.78, 5) is 19.6. The average molecular weight is 366 g/mol. The number of fused-ring (bicyclic) bond motifs is 1. The van der Waals surface area contributed by atoms with Crippen molar-refractivity contribution in [1.29, 1.82) is 0 Å². The average Bonchev–Trinajstić information content (AvgIpc) is 3.28. The van der Waals surface area contributed by atoms with Crippen LogP contribution in [-0.4, -0.2) is 40.0 Å². The van der Waals surface area contributed by atoms with Crippen molar-refractivity contribution in [1.82, 2.24) is 14.5 Å². The Morgan fingerprint density at radius 2 is 1.89 bits per heavy atom. The van der Waals surface area contributed by atoms with Gasteiger partial charge < -0.3 is 14.8 Å². The van der Waals surface area contributed by atoms with E-state index >= 15 is 0 Å². The molecule has 2 aromatic carbocycles. The molecule has 1 aliphatic rings. The van der Waals surface area contributed by atoms with E-state index in [1.165, 1.54) is 50.2 Å². The van der Waals surface area contributed by atoms with E-state index in [-0.39, 0.29) is 11.7 Å². The van der Waals surface area contributed by atoms with Gasteiger partial charge in [0.25, 0.3) is 5.91 Å². The minimum atomic E-state index is -0.358. The van der Waals surface area contributed by atoms with Gasteiger partial charge in [0.15, 0.2) is 0 Å². The number of benzene rings is 2. The first-order valence-electron chi connectivity index (χ1n) is 9.35. The van der Waals surface area contributed by atoms with Crippen molar-refractivity contribution in [3.05, 3.63) is 59.7 Å². The highest BCUT2D eigenvalue weighted by molar-refractivity contribution is 6.04. The number of imidazole rings is 1. The number of aromatic nitrogens is 2. The molecule has 0 spiro atoms. The number of carbonyl (C=O) groups excluding carboxylic acids is 1. The normalized spacial score (nSPS) is 14.7. The van der Waals surface area contributed by atoms with Crippen LogP contribution in [0.1, 0.15) is 29.0 Å². The van der Waals surface area contributed by atoms with Crippen molar-refractivity contribution in [3.8, 4) is 0 Å². The summed E-state index contributed by atoms with van der Waals surface area (Å²) in [5.74, 6) is 0.432. The third-order valence-electron chi connectivity index (χ3n) is 5.19. The predicted molar refractivity (Wildman–Crippen MR) is 104 cm³/mol. The van der Waals surface area contributed by atoms with Gasteiger partial charge in [-0.25, -0.2) is 9.37 Å². The van der Waals surface area contributed by atoms with Crippen molar-refractivity contribution < 1.29 is 9.18 Å². The number of aryl methyl sites for hydroxylation is 1.